The highest BCUT2D eigenvalue weighted by atomic mass is 79.9. The molecule has 1 aromatic heterocycles. The monoisotopic (exact) mass is 443 g/mol. The maximum absolute atomic E-state index is 12.6. The SMILES string of the molecule is COc1ccc(Br)cc1CN(C)C(=O)CCc1nc(=O)c2ccccc2n1C. The van der Waals surface area contributed by atoms with E-state index in [0.717, 1.165) is 21.3 Å². The molecule has 3 aromatic rings. The fraction of sp³-hybridized carbons (Fsp3) is 0.286. The molecule has 7 heteroatoms. The van der Waals surface area contributed by atoms with Crippen molar-refractivity contribution in [3.8, 4) is 5.75 Å². The van der Waals surface area contributed by atoms with Gasteiger partial charge < -0.3 is 14.2 Å². The summed E-state index contributed by atoms with van der Waals surface area (Å²) in [6.45, 7) is 0.436. The Hall–Kier alpha value is -2.67. The lowest BCUT2D eigenvalue weighted by Crippen LogP contribution is -2.27. The topological polar surface area (TPSA) is 64.4 Å². The number of carbonyl (C=O) groups excluding carboxylic acids is 1. The smallest absolute Gasteiger partial charge is 0.280 e. The second-order valence-electron chi connectivity index (χ2n) is 6.62. The summed E-state index contributed by atoms with van der Waals surface area (Å²) in [7, 11) is 5.24. The van der Waals surface area contributed by atoms with E-state index in [1.54, 1.807) is 25.1 Å². The summed E-state index contributed by atoms with van der Waals surface area (Å²) in [5, 5.41) is 0.582. The molecule has 0 radical (unpaired) electrons. The van der Waals surface area contributed by atoms with E-state index in [9.17, 15) is 9.59 Å². The van der Waals surface area contributed by atoms with Gasteiger partial charge >= 0.3 is 0 Å². The van der Waals surface area contributed by atoms with Crippen LogP contribution in [0.4, 0.5) is 0 Å². The number of carbonyl (C=O) groups is 1. The van der Waals surface area contributed by atoms with Crippen molar-refractivity contribution in [1.29, 1.82) is 0 Å². The lowest BCUT2D eigenvalue weighted by atomic mass is 10.1. The Kier molecular flexibility index (Phi) is 6.14. The first-order valence-corrected chi connectivity index (χ1v) is 9.71. The largest absolute Gasteiger partial charge is 0.496 e. The number of nitrogens with zero attached hydrogens (tertiary/aromatic N) is 3. The molecule has 6 nitrogen and oxygen atoms in total. The van der Waals surface area contributed by atoms with Crippen molar-refractivity contribution < 1.29 is 9.53 Å². The second-order valence-corrected chi connectivity index (χ2v) is 7.53. The summed E-state index contributed by atoms with van der Waals surface area (Å²) < 4.78 is 8.18. The molecule has 0 bridgehead atoms. The molecule has 0 aliphatic heterocycles. The van der Waals surface area contributed by atoms with Crippen molar-refractivity contribution in [2.75, 3.05) is 14.2 Å². The highest BCUT2D eigenvalue weighted by molar-refractivity contribution is 9.10. The maximum Gasteiger partial charge on any atom is 0.280 e. The molecular formula is C21H22BrN3O3. The Morgan fingerprint density at radius 3 is 2.75 bits per heavy atom. The number of aryl methyl sites for hydroxylation is 2. The molecule has 3 rings (SSSR count). The number of ether oxygens (including phenoxy) is 1. The van der Waals surface area contributed by atoms with E-state index in [-0.39, 0.29) is 17.9 Å². The van der Waals surface area contributed by atoms with Gasteiger partial charge in [0.1, 0.15) is 11.6 Å². The summed E-state index contributed by atoms with van der Waals surface area (Å²) in [5.41, 5.74) is 1.48. The van der Waals surface area contributed by atoms with Gasteiger partial charge in [-0.25, -0.2) is 0 Å². The normalized spacial score (nSPS) is 10.9. The summed E-state index contributed by atoms with van der Waals surface area (Å²) in [5.74, 6) is 1.32. The first-order valence-electron chi connectivity index (χ1n) is 8.91. The van der Waals surface area contributed by atoms with Crippen LogP contribution in [0.15, 0.2) is 51.7 Å². The number of hydrogen-bond donors (Lipinski definition) is 0. The molecule has 0 saturated heterocycles. The number of amides is 1. The van der Waals surface area contributed by atoms with Crippen molar-refractivity contribution in [3.05, 3.63) is 68.7 Å². The molecule has 1 heterocycles. The van der Waals surface area contributed by atoms with Gasteiger partial charge in [0.05, 0.1) is 18.0 Å². The third kappa shape index (κ3) is 4.25. The van der Waals surface area contributed by atoms with E-state index in [1.807, 2.05) is 48.0 Å². The molecular weight excluding hydrogens is 422 g/mol. The van der Waals surface area contributed by atoms with Crippen molar-refractivity contribution in [1.82, 2.24) is 14.5 Å². The lowest BCUT2D eigenvalue weighted by Gasteiger charge is -2.19. The van der Waals surface area contributed by atoms with Crippen LogP contribution in [-0.2, 0) is 24.8 Å². The number of rotatable bonds is 6. The predicted molar refractivity (Wildman–Crippen MR) is 112 cm³/mol. The summed E-state index contributed by atoms with van der Waals surface area (Å²) in [6, 6.07) is 13.1. The molecule has 0 atom stereocenters. The lowest BCUT2D eigenvalue weighted by molar-refractivity contribution is -0.130. The molecule has 0 fully saturated rings. The van der Waals surface area contributed by atoms with Crippen LogP contribution in [0.3, 0.4) is 0 Å². The van der Waals surface area contributed by atoms with Gasteiger partial charge in [0.15, 0.2) is 0 Å². The predicted octanol–water partition coefficient (Wildman–Crippen LogP) is 3.30. The van der Waals surface area contributed by atoms with Crippen molar-refractivity contribution in [2.45, 2.75) is 19.4 Å². The zero-order chi connectivity index (χ0) is 20.3. The summed E-state index contributed by atoms with van der Waals surface area (Å²) in [4.78, 5) is 30.7. The molecule has 0 aliphatic rings. The van der Waals surface area contributed by atoms with Crippen LogP contribution in [0.2, 0.25) is 0 Å². The number of methoxy groups -OCH3 is 1. The molecule has 2 aromatic carbocycles. The standard InChI is InChI=1S/C21H22BrN3O3/c1-24(13-14-12-15(22)8-9-18(14)28-3)20(26)11-10-19-23-21(27)16-6-4-5-7-17(16)25(19)2/h4-9,12H,10-11,13H2,1-3H3. The Balaban J connectivity index is 1.72. The van der Waals surface area contributed by atoms with Gasteiger partial charge in [0.25, 0.3) is 5.56 Å². The number of hydrogen-bond acceptors (Lipinski definition) is 4. The third-order valence-electron chi connectivity index (χ3n) is 4.75. The van der Waals surface area contributed by atoms with E-state index in [4.69, 9.17) is 4.74 Å². The Morgan fingerprint density at radius 2 is 2.00 bits per heavy atom. The minimum Gasteiger partial charge on any atom is -0.496 e. The van der Waals surface area contributed by atoms with E-state index in [0.29, 0.717) is 24.2 Å². The van der Waals surface area contributed by atoms with Crippen LogP contribution in [0.25, 0.3) is 10.9 Å². The van der Waals surface area contributed by atoms with Crippen LogP contribution in [0.5, 0.6) is 5.75 Å². The van der Waals surface area contributed by atoms with E-state index < -0.39 is 0 Å². The molecule has 0 unspecified atom stereocenters. The number of para-hydroxylation sites is 1. The number of benzene rings is 2. The quantitative estimate of drug-likeness (QED) is 0.586. The first kappa shape index (κ1) is 20.1. The summed E-state index contributed by atoms with van der Waals surface area (Å²) in [6.07, 6.45) is 0.667. The van der Waals surface area contributed by atoms with Gasteiger partial charge in [-0.15, -0.1) is 0 Å². The van der Waals surface area contributed by atoms with Gasteiger partial charge in [-0.3, -0.25) is 9.59 Å². The molecule has 0 N–H and O–H groups in total. The van der Waals surface area contributed by atoms with E-state index in [1.165, 1.54) is 0 Å². The number of halogens is 1. The average molecular weight is 444 g/mol. The zero-order valence-electron chi connectivity index (χ0n) is 16.1. The van der Waals surface area contributed by atoms with Crippen molar-refractivity contribution >= 4 is 32.7 Å². The molecule has 28 heavy (non-hydrogen) atoms. The Labute approximate surface area is 171 Å². The molecule has 146 valence electrons. The van der Waals surface area contributed by atoms with Crippen LogP contribution in [0, 0.1) is 0 Å². The minimum absolute atomic E-state index is 0.0237. The fourth-order valence-electron chi connectivity index (χ4n) is 3.19. The third-order valence-corrected chi connectivity index (χ3v) is 5.25. The van der Waals surface area contributed by atoms with Gasteiger partial charge in [-0.1, -0.05) is 28.1 Å². The van der Waals surface area contributed by atoms with Gasteiger partial charge in [-0.05, 0) is 30.3 Å². The Morgan fingerprint density at radius 1 is 1.25 bits per heavy atom. The number of fused-ring (bicyclic) bond motifs is 1. The molecule has 1 amide bonds. The highest BCUT2D eigenvalue weighted by Crippen LogP contribution is 2.24. The fourth-order valence-corrected chi connectivity index (χ4v) is 3.59. The van der Waals surface area contributed by atoms with Crippen LogP contribution in [-0.4, -0.2) is 34.5 Å². The van der Waals surface area contributed by atoms with Crippen LogP contribution < -0.4 is 10.3 Å². The van der Waals surface area contributed by atoms with Crippen molar-refractivity contribution in [2.24, 2.45) is 7.05 Å². The van der Waals surface area contributed by atoms with E-state index >= 15 is 0 Å². The summed E-state index contributed by atoms with van der Waals surface area (Å²) >= 11 is 3.45. The van der Waals surface area contributed by atoms with Crippen LogP contribution in [0.1, 0.15) is 17.8 Å². The maximum atomic E-state index is 12.6. The highest BCUT2D eigenvalue weighted by Gasteiger charge is 2.15. The van der Waals surface area contributed by atoms with Gasteiger partial charge in [-0.2, -0.15) is 4.98 Å². The van der Waals surface area contributed by atoms with Gasteiger partial charge in [0.2, 0.25) is 5.91 Å². The minimum atomic E-state index is -0.261. The zero-order valence-corrected chi connectivity index (χ0v) is 17.7. The molecule has 0 saturated carbocycles. The average Bonchev–Trinajstić information content (AvgIpc) is 2.69. The molecule has 0 spiro atoms. The first-order chi connectivity index (χ1) is 13.4. The number of aromatic nitrogens is 2. The van der Waals surface area contributed by atoms with Crippen LogP contribution >= 0.6 is 15.9 Å². The van der Waals surface area contributed by atoms with E-state index in [2.05, 4.69) is 20.9 Å². The molecule has 0 aliphatic carbocycles. The van der Waals surface area contributed by atoms with Gasteiger partial charge in [0, 0.05) is 43.5 Å². The Bertz CT molecular complexity index is 1080. The second kappa shape index (κ2) is 8.56. The van der Waals surface area contributed by atoms with Crippen molar-refractivity contribution in [3.63, 3.8) is 0 Å².